The van der Waals surface area contributed by atoms with Crippen molar-refractivity contribution in [3.8, 4) is 0 Å². The Hall–Kier alpha value is -0.870. The van der Waals surface area contributed by atoms with Crippen LogP contribution in [0.25, 0.3) is 0 Å². The van der Waals surface area contributed by atoms with E-state index >= 15 is 0 Å². The van der Waals surface area contributed by atoms with Crippen molar-refractivity contribution in [2.45, 2.75) is 27.2 Å². The molecule has 1 aromatic rings. The summed E-state index contributed by atoms with van der Waals surface area (Å²) in [6.45, 7) is 9.24. The Morgan fingerprint density at radius 3 is 2.24 bits per heavy atom. The fourth-order valence-electron chi connectivity index (χ4n) is 2.09. The zero-order valence-corrected chi connectivity index (χ0v) is 12.1. The van der Waals surface area contributed by atoms with Crippen LogP contribution in [0.1, 0.15) is 27.2 Å². The maximum atomic E-state index is 2.43. The van der Waals surface area contributed by atoms with Crippen LogP contribution in [0.3, 0.4) is 0 Å². The van der Waals surface area contributed by atoms with Gasteiger partial charge in [-0.3, -0.25) is 0 Å². The Morgan fingerprint density at radius 2 is 1.71 bits per heavy atom. The summed E-state index contributed by atoms with van der Waals surface area (Å²) >= 11 is 0. The first-order valence-corrected chi connectivity index (χ1v) is 7.97. The standard InChI is InChI=1S/C16H21P/c1-16(2,3)13-10-11-15(12-13)17(4)14-8-6-5-7-9-14/h5-10,12H,11H2,1-4H3. The van der Waals surface area contributed by atoms with Gasteiger partial charge in [-0.05, 0) is 34.7 Å². The third-order valence-corrected chi connectivity index (χ3v) is 5.54. The summed E-state index contributed by atoms with van der Waals surface area (Å²) in [7, 11) is -0.142. The normalized spacial score (nSPS) is 17.6. The highest BCUT2D eigenvalue weighted by Crippen LogP contribution is 2.47. The van der Waals surface area contributed by atoms with Crippen LogP contribution >= 0.6 is 7.92 Å². The van der Waals surface area contributed by atoms with Gasteiger partial charge in [0.2, 0.25) is 0 Å². The average molecular weight is 244 g/mol. The molecule has 1 aliphatic carbocycles. The SMILES string of the molecule is CP(C1=CC(C(C)(C)C)=CC1)c1ccccc1. The Balaban J connectivity index is 2.17. The summed E-state index contributed by atoms with van der Waals surface area (Å²) in [5, 5.41) is 3.09. The molecule has 1 aliphatic rings. The number of hydrogen-bond donors (Lipinski definition) is 0. The fraction of sp³-hybridized carbons (Fsp3) is 0.375. The van der Waals surface area contributed by atoms with E-state index in [1.165, 1.54) is 10.9 Å². The first-order chi connectivity index (χ1) is 7.98. The first kappa shape index (κ1) is 12.6. The van der Waals surface area contributed by atoms with Crippen LogP contribution in [0.15, 0.2) is 53.4 Å². The fourth-order valence-corrected chi connectivity index (χ4v) is 3.73. The molecule has 0 N–H and O–H groups in total. The van der Waals surface area contributed by atoms with E-state index in [0.717, 1.165) is 6.42 Å². The molecule has 1 unspecified atom stereocenters. The molecule has 0 saturated carbocycles. The van der Waals surface area contributed by atoms with Crippen LogP contribution in [0.2, 0.25) is 0 Å². The number of hydrogen-bond acceptors (Lipinski definition) is 0. The van der Waals surface area contributed by atoms with Gasteiger partial charge in [0.1, 0.15) is 0 Å². The van der Waals surface area contributed by atoms with Gasteiger partial charge in [0.25, 0.3) is 0 Å². The minimum atomic E-state index is -0.142. The summed E-state index contributed by atoms with van der Waals surface area (Å²) < 4.78 is 0. The highest BCUT2D eigenvalue weighted by atomic mass is 31.1. The molecule has 1 aromatic carbocycles. The monoisotopic (exact) mass is 244 g/mol. The molecule has 0 aliphatic heterocycles. The van der Waals surface area contributed by atoms with Crippen molar-refractivity contribution in [3.63, 3.8) is 0 Å². The highest BCUT2D eigenvalue weighted by molar-refractivity contribution is 7.69. The topological polar surface area (TPSA) is 0 Å². The van der Waals surface area contributed by atoms with Crippen LogP contribution in [-0.4, -0.2) is 6.66 Å². The summed E-state index contributed by atoms with van der Waals surface area (Å²) in [6.07, 6.45) is 5.97. The van der Waals surface area contributed by atoms with Crippen molar-refractivity contribution in [2.24, 2.45) is 5.41 Å². The van der Waals surface area contributed by atoms with E-state index in [0.29, 0.717) is 0 Å². The van der Waals surface area contributed by atoms with E-state index in [9.17, 15) is 0 Å². The van der Waals surface area contributed by atoms with Gasteiger partial charge in [0.15, 0.2) is 0 Å². The van der Waals surface area contributed by atoms with Crippen molar-refractivity contribution >= 4 is 13.2 Å². The number of benzene rings is 1. The van der Waals surface area contributed by atoms with Crippen LogP contribution in [0.4, 0.5) is 0 Å². The number of rotatable bonds is 2. The molecule has 0 nitrogen and oxygen atoms in total. The predicted molar refractivity (Wildman–Crippen MR) is 79.2 cm³/mol. The van der Waals surface area contributed by atoms with Gasteiger partial charge < -0.3 is 0 Å². The van der Waals surface area contributed by atoms with Crippen LogP contribution in [0, 0.1) is 5.41 Å². The molecule has 90 valence electrons. The minimum Gasteiger partial charge on any atom is -0.0763 e. The third-order valence-electron chi connectivity index (χ3n) is 3.29. The van der Waals surface area contributed by atoms with Gasteiger partial charge >= 0.3 is 0 Å². The zero-order valence-electron chi connectivity index (χ0n) is 11.2. The molecule has 0 amide bonds. The van der Waals surface area contributed by atoms with Crippen molar-refractivity contribution in [3.05, 3.63) is 53.4 Å². The molecule has 0 bridgehead atoms. The molecule has 0 spiro atoms. The second-order valence-electron chi connectivity index (χ2n) is 5.64. The van der Waals surface area contributed by atoms with E-state index in [-0.39, 0.29) is 13.3 Å². The van der Waals surface area contributed by atoms with Crippen molar-refractivity contribution < 1.29 is 0 Å². The van der Waals surface area contributed by atoms with Crippen LogP contribution in [-0.2, 0) is 0 Å². The van der Waals surface area contributed by atoms with Crippen LogP contribution in [0.5, 0.6) is 0 Å². The maximum absolute atomic E-state index is 2.43. The average Bonchev–Trinajstić information content (AvgIpc) is 2.78. The predicted octanol–water partition coefficient (Wildman–Crippen LogP) is 4.68. The Labute approximate surface area is 106 Å². The van der Waals surface area contributed by atoms with Gasteiger partial charge in [-0.25, -0.2) is 0 Å². The lowest BCUT2D eigenvalue weighted by Gasteiger charge is -2.19. The summed E-state index contributed by atoms with van der Waals surface area (Å²) in [5.41, 5.74) is 1.78. The molecule has 0 aromatic heterocycles. The van der Waals surface area contributed by atoms with E-state index in [2.05, 4.69) is 69.9 Å². The van der Waals surface area contributed by atoms with E-state index in [1.807, 2.05) is 0 Å². The van der Waals surface area contributed by atoms with E-state index in [4.69, 9.17) is 0 Å². The van der Waals surface area contributed by atoms with Gasteiger partial charge in [-0.1, -0.05) is 71.2 Å². The lowest BCUT2D eigenvalue weighted by molar-refractivity contribution is 0.518. The van der Waals surface area contributed by atoms with Crippen molar-refractivity contribution in [1.29, 1.82) is 0 Å². The maximum Gasteiger partial charge on any atom is -0.00837 e. The molecule has 2 rings (SSSR count). The molecule has 1 atom stereocenters. The van der Waals surface area contributed by atoms with Gasteiger partial charge in [-0.2, -0.15) is 0 Å². The molecule has 1 heteroatoms. The quantitative estimate of drug-likeness (QED) is 0.662. The lowest BCUT2D eigenvalue weighted by Crippen LogP contribution is -2.06. The van der Waals surface area contributed by atoms with Crippen molar-refractivity contribution in [1.82, 2.24) is 0 Å². The molecular formula is C16H21P. The van der Waals surface area contributed by atoms with Gasteiger partial charge in [0, 0.05) is 0 Å². The first-order valence-electron chi connectivity index (χ1n) is 6.18. The lowest BCUT2D eigenvalue weighted by atomic mass is 9.87. The van der Waals surface area contributed by atoms with Gasteiger partial charge in [-0.15, -0.1) is 0 Å². The van der Waals surface area contributed by atoms with Crippen molar-refractivity contribution in [2.75, 3.05) is 6.66 Å². The third kappa shape index (κ3) is 2.87. The second-order valence-corrected chi connectivity index (χ2v) is 7.85. The Morgan fingerprint density at radius 1 is 1.06 bits per heavy atom. The summed E-state index contributed by atoms with van der Waals surface area (Å²) in [5.74, 6) is 0. The van der Waals surface area contributed by atoms with Crippen LogP contribution < -0.4 is 5.30 Å². The molecule has 17 heavy (non-hydrogen) atoms. The summed E-state index contributed by atoms with van der Waals surface area (Å²) in [4.78, 5) is 0. The molecule has 0 saturated heterocycles. The largest absolute Gasteiger partial charge is 0.0763 e. The number of allylic oxidation sites excluding steroid dienone is 4. The Kier molecular flexibility index (Phi) is 3.54. The highest BCUT2D eigenvalue weighted by Gasteiger charge is 2.21. The van der Waals surface area contributed by atoms with Gasteiger partial charge in [0.05, 0.1) is 0 Å². The minimum absolute atomic E-state index is 0.142. The van der Waals surface area contributed by atoms with E-state index < -0.39 is 0 Å². The van der Waals surface area contributed by atoms with E-state index in [1.54, 1.807) is 5.31 Å². The molecule has 0 heterocycles. The molecular weight excluding hydrogens is 223 g/mol. The molecule has 0 radical (unpaired) electrons. The molecule has 0 fully saturated rings. The zero-order chi connectivity index (χ0) is 12.5. The Bertz CT molecular complexity index is 446. The smallest absolute Gasteiger partial charge is 0.00837 e. The second kappa shape index (κ2) is 4.78. The summed E-state index contributed by atoms with van der Waals surface area (Å²) in [6, 6.07) is 10.9.